The Bertz CT molecular complexity index is 1250. The second-order valence-electron chi connectivity index (χ2n) is 6.63. The molecule has 4 rings (SSSR count). The summed E-state index contributed by atoms with van der Waals surface area (Å²) < 4.78 is 31.9. The number of pyridine rings is 1. The van der Waals surface area contributed by atoms with Crippen molar-refractivity contribution in [3.8, 4) is 0 Å². The maximum Gasteiger partial charge on any atom is 0.284 e. The Kier molecular flexibility index (Phi) is 4.87. The fourth-order valence-corrected chi connectivity index (χ4v) is 4.78. The summed E-state index contributed by atoms with van der Waals surface area (Å²) in [6.45, 7) is 1.04. The quantitative estimate of drug-likeness (QED) is 0.469. The molecule has 0 aliphatic carbocycles. The summed E-state index contributed by atoms with van der Waals surface area (Å²) in [4.78, 5) is 28.2. The van der Waals surface area contributed by atoms with Gasteiger partial charge in [-0.25, -0.2) is 8.42 Å². The van der Waals surface area contributed by atoms with Gasteiger partial charge in [-0.2, -0.15) is 4.31 Å². The molecule has 3 heterocycles. The van der Waals surface area contributed by atoms with Crippen LogP contribution in [0.1, 0.15) is 10.6 Å². The average Bonchev–Trinajstić information content (AvgIpc) is 3.24. The zero-order valence-electron chi connectivity index (χ0n) is 15.6. The maximum atomic E-state index is 12.8. The molecule has 0 bridgehead atoms. The lowest BCUT2D eigenvalue weighted by molar-refractivity contribution is -0.383. The first-order valence-corrected chi connectivity index (χ1v) is 10.4. The standard InChI is InChI=1S/C18H17N5O6S/c19-18(24)15-5-6-16(29-15)30(27,28)22-10-8-21(9-11-22)14-4-3-13(23(25)26)12-2-1-7-20-17(12)14/h1-7H,8-11H2,(H2,19,24). The van der Waals surface area contributed by atoms with Crippen molar-refractivity contribution < 1.29 is 22.6 Å². The highest BCUT2D eigenvalue weighted by Crippen LogP contribution is 2.33. The van der Waals surface area contributed by atoms with Gasteiger partial charge in [0.05, 0.1) is 16.0 Å². The Morgan fingerprint density at radius 1 is 1.13 bits per heavy atom. The third-order valence-corrected chi connectivity index (χ3v) is 6.69. The molecule has 1 aliphatic heterocycles. The van der Waals surface area contributed by atoms with Gasteiger partial charge in [0.2, 0.25) is 5.09 Å². The molecule has 0 saturated carbocycles. The van der Waals surface area contributed by atoms with Gasteiger partial charge >= 0.3 is 0 Å². The number of fused-ring (bicyclic) bond motifs is 1. The van der Waals surface area contributed by atoms with Crippen LogP contribution in [-0.4, -0.2) is 54.7 Å². The fraction of sp³-hybridized carbons (Fsp3) is 0.222. The zero-order chi connectivity index (χ0) is 21.5. The van der Waals surface area contributed by atoms with Crippen molar-refractivity contribution in [3.05, 3.63) is 58.5 Å². The normalized spacial score (nSPS) is 15.4. The lowest BCUT2D eigenvalue weighted by Gasteiger charge is -2.35. The van der Waals surface area contributed by atoms with E-state index in [1.165, 1.54) is 22.5 Å². The van der Waals surface area contributed by atoms with Crippen molar-refractivity contribution in [2.24, 2.45) is 5.73 Å². The highest BCUT2D eigenvalue weighted by atomic mass is 32.2. The third kappa shape index (κ3) is 3.35. The highest BCUT2D eigenvalue weighted by molar-refractivity contribution is 7.89. The van der Waals surface area contributed by atoms with Crippen molar-refractivity contribution in [1.82, 2.24) is 9.29 Å². The second-order valence-corrected chi connectivity index (χ2v) is 8.50. The van der Waals surface area contributed by atoms with Crippen molar-refractivity contribution in [1.29, 1.82) is 0 Å². The first-order valence-electron chi connectivity index (χ1n) is 8.96. The summed E-state index contributed by atoms with van der Waals surface area (Å²) in [5.41, 5.74) is 6.26. The number of carbonyl (C=O) groups is 1. The molecule has 1 fully saturated rings. The van der Waals surface area contributed by atoms with E-state index in [-0.39, 0.29) is 29.6 Å². The van der Waals surface area contributed by atoms with E-state index >= 15 is 0 Å². The summed E-state index contributed by atoms with van der Waals surface area (Å²) in [6, 6.07) is 8.75. The molecule has 1 saturated heterocycles. The number of furan rings is 1. The number of nitro benzene ring substituents is 1. The number of rotatable bonds is 5. The van der Waals surface area contributed by atoms with Crippen LogP contribution in [0.3, 0.4) is 0 Å². The summed E-state index contributed by atoms with van der Waals surface area (Å²) in [6.07, 6.45) is 1.56. The Morgan fingerprint density at radius 3 is 2.50 bits per heavy atom. The van der Waals surface area contributed by atoms with E-state index in [2.05, 4.69) is 4.98 Å². The van der Waals surface area contributed by atoms with Gasteiger partial charge in [-0.15, -0.1) is 0 Å². The summed E-state index contributed by atoms with van der Waals surface area (Å²) >= 11 is 0. The minimum absolute atomic E-state index is 0.0360. The van der Waals surface area contributed by atoms with E-state index in [1.807, 2.05) is 4.90 Å². The monoisotopic (exact) mass is 431 g/mol. The summed E-state index contributed by atoms with van der Waals surface area (Å²) in [5, 5.41) is 11.4. The lowest BCUT2D eigenvalue weighted by Crippen LogP contribution is -2.48. The summed E-state index contributed by atoms with van der Waals surface area (Å²) in [7, 11) is -3.91. The van der Waals surface area contributed by atoms with Crippen LogP contribution < -0.4 is 10.6 Å². The van der Waals surface area contributed by atoms with Crippen LogP contribution >= 0.6 is 0 Å². The van der Waals surface area contributed by atoms with E-state index in [0.29, 0.717) is 29.7 Å². The molecule has 3 aromatic rings. The van der Waals surface area contributed by atoms with Gasteiger partial charge in [-0.3, -0.25) is 19.9 Å². The first kappa shape index (κ1) is 19.8. The van der Waals surface area contributed by atoms with Gasteiger partial charge in [-0.05, 0) is 30.3 Å². The molecule has 0 unspecified atom stereocenters. The SMILES string of the molecule is NC(=O)c1ccc(S(=O)(=O)N2CCN(c3ccc([N+](=O)[O-])c4cccnc34)CC2)o1. The highest BCUT2D eigenvalue weighted by Gasteiger charge is 2.32. The van der Waals surface area contributed by atoms with Gasteiger partial charge in [0.25, 0.3) is 21.6 Å². The van der Waals surface area contributed by atoms with Gasteiger partial charge in [-0.1, -0.05) is 0 Å². The average molecular weight is 431 g/mol. The van der Waals surface area contributed by atoms with Gasteiger partial charge in [0, 0.05) is 38.4 Å². The number of carbonyl (C=O) groups excluding carboxylic acids is 1. The molecule has 2 aromatic heterocycles. The second kappa shape index (κ2) is 7.39. The van der Waals surface area contributed by atoms with Crippen LogP contribution in [0, 0.1) is 10.1 Å². The van der Waals surface area contributed by atoms with Crippen molar-refractivity contribution in [2.75, 3.05) is 31.1 Å². The lowest BCUT2D eigenvalue weighted by atomic mass is 10.1. The fourth-order valence-electron chi connectivity index (χ4n) is 3.44. The molecular formula is C18H17N5O6S. The van der Waals surface area contributed by atoms with E-state index in [4.69, 9.17) is 10.2 Å². The van der Waals surface area contributed by atoms with E-state index in [1.54, 1.807) is 24.4 Å². The number of hydrogen-bond donors (Lipinski definition) is 1. The van der Waals surface area contributed by atoms with Crippen LogP contribution in [0.25, 0.3) is 10.9 Å². The van der Waals surface area contributed by atoms with Gasteiger partial charge < -0.3 is 15.1 Å². The Balaban J connectivity index is 1.57. The van der Waals surface area contributed by atoms with Gasteiger partial charge in [0.15, 0.2) is 5.76 Å². The van der Waals surface area contributed by atoms with Gasteiger partial charge in [0.1, 0.15) is 5.52 Å². The van der Waals surface area contributed by atoms with Crippen LogP contribution in [0.15, 0.2) is 52.1 Å². The Morgan fingerprint density at radius 2 is 1.87 bits per heavy atom. The zero-order valence-corrected chi connectivity index (χ0v) is 16.4. The number of primary amides is 1. The molecule has 0 atom stereocenters. The van der Waals surface area contributed by atoms with E-state index < -0.39 is 20.9 Å². The number of nitro groups is 1. The van der Waals surface area contributed by atoms with Crippen molar-refractivity contribution >= 4 is 38.2 Å². The first-order chi connectivity index (χ1) is 14.3. The number of aromatic nitrogens is 1. The number of sulfonamides is 1. The predicted octanol–water partition coefficient (Wildman–Crippen LogP) is 1.35. The molecule has 0 spiro atoms. The number of nitrogens with two attached hydrogens (primary N) is 1. The van der Waals surface area contributed by atoms with E-state index in [0.717, 1.165) is 0 Å². The molecule has 1 amide bonds. The summed E-state index contributed by atoms with van der Waals surface area (Å²) in [5.74, 6) is -1.07. The minimum Gasteiger partial charge on any atom is -0.438 e. The van der Waals surface area contributed by atoms with Crippen molar-refractivity contribution in [3.63, 3.8) is 0 Å². The topological polar surface area (TPSA) is 153 Å². The van der Waals surface area contributed by atoms with Crippen LogP contribution in [-0.2, 0) is 10.0 Å². The molecule has 1 aromatic carbocycles. The largest absolute Gasteiger partial charge is 0.438 e. The molecule has 1 aliphatic rings. The van der Waals surface area contributed by atoms with Crippen molar-refractivity contribution in [2.45, 2.75) is 5.09 Å². The van der Waals surface area contributed by atoms with E-state index in [9.17, 15) is 23.3 Å². The molecular weight excluding hydrogens is 414 g/mol. The predicted molar refractivity (Wildman–Crippen MR) is 107 cm³/mol. The van der Waals surface area contributed by atoms with Crippen LogP contribution in [0.5, 0.6) is 0 Å². The molecule has 11 nitrogen and oxygen atoms in total. The minimum atomic E-state index is -3.91. The molecule has 0 radical (unpaired) electrons. The number of nitrogens with zero attached hydrogens (tertiary/aromatic N) is 4. The Labute approximate surface area is 170 Å². The Hall–Kier alpha value is -3.51. The van der Waals surface area contributed by atoms with Crippen LogP contribution in [0.4, 0.5) is 11.4 Å². The molecule has 12 heteroatoms. The smallest absolute Gasteiger partial charge is 0.284 e. The number of piperazine rings is 1. The number of amides is 1. The number of hydrogen-bond acceptors (Lipinski definition) is 8. The number of anilines is 1. The molecule has 156 valence electrons. The maximum absolute atomic E-state index is 12.8. The molecule has 2 N–H and O–H groups in total. The number of benzene rings is 1. The number of non-ortho nitro benzene ring substituents is 1. The van der Waals surface area contributed by atoms with Crippen LogP contribution in [0.2, 0.25) is 0 Å². The molecule has 30 heavy (non-hydrogen) atoms. The third-order valence-electron chi connectivity index (χ3n) is 4.92.